The Kier molecular flexibility index (Phi) is 4.54. The maximum atomic E-state index is 9.48. The minimum atomic E-state index is -0.136. The van der Waals surface area contributed by atoms with E-state index in [0.29, 0.717) is 6.10 Å². The molecular weight excluding hydrogens is 264 g/mol. The molecule has 0 bridgehead atoms. The third-order valence-corrected chi connectivity index (χ3v) is 5.64. The highest BCUT2D eigenvalue weighted by molar-refractivity contribution is 5.03. The highest BCUT2D eigenvalue weighted by Crippen LogP contribution is 2.43. The van der Waals surface area contributed by atoms with E-state index in [-0.39, 0.29) is 11.0 Å². The van der Waals surface area contributed by atoms with Crippen molar-refractivity contribution in [2.75, 3.05) is 26.4 Å². The number of nitrogens with one attached hydrogen (secondary N) is 1. The van der Waals surface area contributed by atoms with Crippen molar-refractivity contribution in [2.45, 2.75) is 63.5 Å². The van der Waals surface area contributed by atoms with Crippen LogP contribution in [0.15, 0.2) is 0 Å². The molecule has 2 unspecified atom stereocenters. The van der Waals surface area contributed by atoms with Gasteiger partial charge in [0.2, 0.25) is 0 Å². The van der Waals surface area contributed by atoms with Gasteiger partial charge in [0.05, 0.1) is 17.6 Å². The van der Waals surface area contributed by atoms with Crippen LogP contribution in [0.1, 0.15) is 51.9 Å². The third kappa shape index (κ3) is 3.41. The number of nitriles is 1. The minimum Gasteiger partial charge on any atom is -0.381 e. The second kappa shape index (κ2) is 6.24. The third-order valence-electron chi connectivity index (χ3n) is 5.64. The average molecular weight is 292 g/mol. The first-order valence-electron chi connectivity index (χ1n) is 8.53. The van der Waals surface area contributed by atoms with Crippen LogP contribution < -0.4 is 5.32 Å². The lowest BCUT2D eigenvalue weighted by molar-refractivity contribution is 0.0348. The van der Waals surface area contributed by atoms with Gasteiger partial charge in [0, 0.05) is 25.4 Å². The topological polar surface area (TPSA) is 54.3 Å². The Labute approximate surface area is 128 Å². The molecule has 118 valence electrons. The van der Waals surface area contributed by atoms with Crippen LogP contribution in [0.4, 0.5) is 0 Å². The van der Waals surface area contributed by atoms with Gasteiger partial charge in [-0.15, -0.1) is 0 Å². The summed E-state index contributed by atoms with van der Waals surface area (Å²) in [5, 5.41) is 13.2. The summed E-state index contributed by atoms with van der Waals surface area (Å²) in [5.41, 5.74) is 0.0134. The Morgan fingerprint density at radius 3 is 2.62 bits per heavy atom. The second-order valence-corrected chi connectivity index (χ2v) is 7.33. The van der Waals surface area contributed by atoms with Gasteiger partial charge >= 0.3 is 0 Å². The van der Waals surface area contributed by atoms with Gasteiger partial charge in [0.15, 0.2) is 0 Å². The Morgan fingerprint density at radius 2 is 1.95 bits per heavy atom. The molecule has 2 saturated heterocycles. The molecule has 21 heavy (non-hydrogen) atoms. The van der Waals surface area contributed by atoms with Gasteiger partial charge < -0.3 is 14.8 Å². The summed E-state index contributed by atoms with van der Waals surface area (Å²) in [4.78, 5) is 0. The lowest BCUT2D eigenvalue weighted by atomic mass is 9.78. The fourth-order valence-corrected chi connectivity index (χ4v) is 3.95. The Hall–Kier alpha value is -0.630. The molecular formula is C17H28N2O2. The first-order chi connectivity index (χ1) is 10.2. The summed E-state index contributed by atoms with van der Waals surface area (Å²) in [6.45, 7) is 5.70. The van der Waals surface area contributed by atoms with E-state index in [4.69, 9.17) is 9.47 Å². The molecule has 2 heterocycles. The predicted molar refractivity (Wildman–Crippen MR) is 80.8 cm³/mol. The lowest BCUT2D eigenvalue weighted by Gasteiger charge is -2.33. The van der Waals surface area contributed by atoms with Crippen LogP contribution in [0.5, 0.6) is 0 Å². The molecule has 0 amide bonds. The highest BCUT2D eigenvalue weighted by Gasteiger charge is 2.47. The van der Waals surface area contributed by atoms with E-state index < -0.39 is 0 Å². The molecule has 1 saturated carbocycles. The van der Waals surface area contributed by atoms with Gasteiger partial charge in [-0.05, 0) is 64.3 Å². The smallest absolute Gasteiger partial charge is 0.0782 e. The molecule has 3 rings (SSSR count). The van der Waals surface area contributed by atoms with Gasteiger partial charge in [-0.3, -0.25) is 0 Å². The van der Waals surface area contributed by atoms with Gasteiger partial charge in [-0.25, -0.2) is 0 Å². The standard InChI is InChI=1S/C17H28N2O2/c1-16(6-12-21-15(16)14-3-4-14)19-9-2-5-17(13-18)7-10-20-11-8-17/h14-15,19H,2-12H2,1H3. The monoisotopic (exact) mass is 292 g/mol. The zero-order chi connectivity index (χ0) is 14.8. The maximum absolute atomic E-state index is 9.48. The first kappa shape index (κ1) is 15.3. The number of ether oxygens (including phenoxy) is 2. The second-order valence-electron chi connectivity index (χ2n) is 7.33. The van der Waals surface area contributed by atoms with E-state index >= 15 is 0 Å². The van der Waals surface area contributed by atoms with Crippen molar-refractivity contribution < 1.29 is 9.47 Å². The summed E-state index contributed by atoms with van der Waals surface area (Å²) < 4.78 is 11.3. The number of rotatable bonds is 6. The number of nitrogens with zero attached hydrogens (tertiary/aromatic N) is 1. The predicted octanol–water partition coefficient (Wildman–Crippen LogP) is 2.63. The van der Waals surface area contributed by atoms with E-state index in [9.17, 15) is 5.26 Å². The molecule has 4 heteroatoms. The van der Waals surface area contributed by atoms with Crippen LogP contribution in [0, 0.1) is 22.7 Å². The largest absolute Gasteiger partial charge is 0.381 e. The van der Waals surface area contributed by atoms with Crippen molar-refractivity contribution >= 4 is 0 Å². The van der Waals surface area contributed by atoms with Crippen molar-refractivity contribution in [1.82, 2.24) is 5.32 Å². The SMILES string of the molecule is CC1(NCCCC2(C#N)CCOCC2)CCOC1C1CC1. The summed E-state index contributed by atoms with van der Waals surface area (Å²) >= 11 is 0. The Morgan fingerprint density at radius 1 is 1.19 bits per heavy atom. The quantitative estimate of drug-likeness (QED) is 0.765. The maximum Gasteiger partial charge on any atom is 0.0782 e. The molecule has 0 aromatic heterocycles. The van der Waals surface area contributed by atoms with Crippen molar-refractivity contribution in [1.29, 1.82) is 5.26 Å². The van der Waals surface area contributed by atoms with Gasteiger partial charge in [-0.1, -0.05) is 0 Å². The highest BCUT2D eigenvalue weighted by atomic mass is 16.5. The van der Waals surface area contributed by atoms with Crippen LogP contribution in [0.25, 0.3) is 0 Å². The van der Waals surface area contributed by atoms with Crippen molar-refractivity contribution in [3.05, 3.63) is 0 Å². The average Bonchev–Trinajstić information content (AvgIpc) is 3.28. The molecule has 3 fully saturated rings. The zero-order valence-electron chi connectivity index (χ0n) is 13.2. The fraction of sp³-hybridized carbons (Fsp3) is 0.941. The van der Waals surface area contributed by atoms with Crippen molar-refractivity contribution in [2.24, 2.45) is 11.3 Å². The number of hydrogen-bond donors (Lipinski definition) is 1. The molecule has 1 aliphatic carbocycles. The van der Waals surface area contributed by atoms with Gasteiger partial charge in [0.1, 0.15) is 0 Å². The molecule has 2 atom stereocenters. The summed E-state index contributed by atoms with van der Waals surface area (Å²) in [6, 6.07) is 2.56. The first-order valence-corrected chi connectivity index (χ1v) is 8.53. The molecule has 1 N–H and O–H groups in total. The number of hydrogen-bond acceptors (Lipinski definition) is 4. The van der Waals surface area contributed by atoms with E-state index in [2.05, 4.69) is 18.3 Å². The molecule has 2 aliphatic heterocycles. The minimum absolute atomic E-state index is 0.136. The Balaban J connectivity index is 1.44. The lowest BCUT2D eigenvalue weighted by Crippen LogP contribution is -2.50. The van der Waals surface area contributed by atoms with Crippen molar-refractivity contribution in [3.8, 4) is 6.07 Å². The molecule has 3 aliphatic rings. The van der Waals surface area contributed by atoms with Gasteiger partial charge in [0.25, 0.3) is 0 Å². The molecule has 0 spiro atoms. The summed E-state index contributed by atoms with van der Waals surface area (Å²) in [6.07, 6.45) is 8.05. The van der Waals surface area contributed by atoms with Crippen LogP contribution in [-0.4, -0.2) is 38.0 Å². The molecule has 0 radical (unpaired) electrons. The van der Waals surface area contributed by atoms with E-state index in [1.54, 1.807) is 0 Å². The van der Waals surface area contributed by atoms with E-state index in [0.717, 1.165) is 64.4 Å². The molecule has 4 nitrogen and oxygen atoms in total. The van der Waals surface area contributed by atoms with E-state index in [1.807, 2.05) is 0 Å². The molecule has 0 aromatic rings. The van der Waals surface area contributed by atoms with Gasteiger partial charge in [-0.2, -0.15) is 5.26 Å². The summed E-state index contributed by atoms with van der Waals surface area (Å²) in [7, 11) is 0. The van der Waals surface area contributed by atoms with Crippen LogP contribution in [0.2, 0.25) is 0 Å². The van der Waals surface area contributed by atoms with Crippen LogP contribution in [0.3, 0.4) is 0 Å². The Bertz CT molecular complexity index is 396. The fourth-order valence-electron chi connectivity index (χ4n) is 3.95. The normalized spacial score (nSPS) is 35.5. The summed E-state index contributed by atoms with van der Waals surface area (Å²) in [5.74, 6) is 0.783. The van der Waals surface area contributed by atoms with Crippen LogP contribution in [-0.2, 0) is 9.47 Å². The zero-order valence-corrected chi connectivity index (χ0v) is 13.2. The van der Waals surface area contributed by atoms with E-state index in [1.165, 1.54) is 12.8 Å². The van der Waals surface area contributed by atoms with Crippen molar-refractivity contribution in [3.63, 3.8) is 0 Å². The molecule has 0 aromatic carbocycles. The van der Waals surface area contributed by atoms with Crippen LogP contribution >= 0.6 is 0 Å².